The summed E-state index contributed by atoms with van der Waals surface area (Å²) >= 11 is 0. The molecule has 0 fully saturated rings. The number of fused-ring (bicyclic) bond motifs is 10. The molecule has 2 aromatic heterocycles. The molecule has 9 rings (SSSR count). The highest BCUT2D eigenvalue weighted by atomic mass is 16.5. The van der Waals surface area contributed by atoms with Crippen LogP contribution >= 0.6 is 0 Å². The third-order valence-electron chi connectivity index (χ3n) is 8.47. The van der Waals surface area contributed by atoms with Gasteiger partial charge in [-0.25, -0.2) is 0 Å². The zero-order chi connectivity index (χ0) is 25.5. The average molecular weight is 501 g/mol. The highest BCUT2D eigenvalue weighted by Crippen LogP contribution is 2.51. The van der Waals surface area contributed by atoms with Crippen molar-refractivity contribution in [2.75, 3.05) is 0 Å². The zero-order valence-corrected chi connectivity index (χ0v) is 21.2. The molecule has 39 heavy (non-hydrogen) atoms. The summed E-state index contributed by atoms with van der Waals surface area (Å²) < 4.78 is 11.3. The Bertz CT molecular complexity index is 2100. The summed E-state index contributed by atoms with van der Waals surface area (Å²) in [5.74, 6) is 1.15. The predicted molar refractivity (Wildman–Crippen MR) is 159 cm³/mol. The molecule has 2 unspecified atom stereocenters. The van der Waals surface area contributed by atoms with Crippen molar-refractivity contribution in [2.45, 2.75) is 12.0 Å². The van der Waals surface area contributed by atoms with Crippen molar-refractivity contribution in [1.29, 1.82) is 0 Å². The topological polar surface area (TPSA) is 19.1 Å². The number of para-hydroxylation sites is 4. The van der Waals surface area contributed by atoms with Crippen molar-refractivity contribution in [3.05, 3.63) is 144 Å². The van der Waals surface area contributed by atoms with E-state index in [0.29, 0.717) is 0 Å². The Morgan fingerprint density at radius 3 is 2.03 bits per heavy atom. The first-order valence-corrected chi connectivity index (χ1v) is 13.5. The minimum Gasteiger partial charge on any atom is -0.485 e. The summed E-state index contributed by atoms with van der Waals surface area (Å²) in [4.78, 5) is 0. The normalized spacial score (nSPS) is 17.3. The smallest absolute Gasteiger partial charge is 0.128 e. The maximum atomic E-state index is 6.45. The SMILES string of the molecule is C1=CC2Oc3ccccc3C2c2c1n(-c1ccccc1)c1cc3c(cc21)c1ccccc1n3-c1ccccc1. The number of ether oxygens (including phenoxy) is 1. The molecule has 3 heterocycles. The second-order valence-electron chi connectivity index (χ2n) is 10.5. The molecule has 3 nitrogen and oxygen atoms in total. The number of aromatic nitrogens is 2. The molecule has 7 aromatic rings. The van der Waals surface area contributed by atoms with Crippen molar-refractivity contribution in [1.82, 2.24) is 9.13 Å². The van der Waals surface area contributed by atoms with Gasteiger partial charge in [0, 0.05) is 33.1 Å². The molecule has 2 aliphatic rings. The van der Waals surface area contributed by atoms with Crippen LogP contribution in [0.4, 0.5) is 0 Å². The van der Waals surface area contributed by atoms with Crippen LogP contribution < -0.4 is 4.74 Å². The van der Waals surface area contributed by atoms with E-state index < -0.39 is 0 Å². The molecule has 5 aromatic carbocycles. The van der Waals surface area contributed by atoms with E-state index in [2.05, 4.69) is 143 Å². The van der Waals surface area contributed by atoms with E-state index in [9.17, 15) is 0 Å². The van der Waals surface area contributed by atoms with Gasteiger partial charge in [-0.3, -0.25) is 0 Å². The lowest BCUT2D eigenvalue weighted by molar-refractivity contribution is 0.267. The Balaban J connectivity index is 1.45. The van der Waals surface area contributed by atoms with Crippen molar-refractivity contribution in [3.63, 3.8) is 0 Å². The van der Waals surface area contributed by atoms with Crippen molar-refractivity contribution in [3.8, 4) is 17.1 Å². The van der Waals surface area contributed by atoms with Gasteiger partial charge >= 0.3 is 0 Å². The summed E-state index contributed by atoms with van der Waals surface area (Å²) in [7, 11) is 0. The van der Waals surface area contributed by atoms with Gasteiger partial charge in [-0.1, -0.05) is 72.8 Å². The van der Waals surface area contributed by atoms with Gasteiger partial charge in [0.25, 0.3) is 0 Å². The first kappa shape index (κ1) is 21.0. The van der Waals surface area contributed by atoms with Gasteiger partial charge < -0.3 is 13.9 Å². The van der Waals surface area contributed by atoms with Crippen molar-refractivity contribution < 1.29 is 4.74 Å². The Hall–Kier alpha value is -5.02. The van der Waals surface area contributed by atoms with Gasteiger partial charge in [-0.15, -0.1) is 0 Å². The molecule has 0 bridgehead atoms. The molecule has 2 atom stereocenters. The van der Waals surface area contributed by atoms with Crippen molar-refractivity contribution in [2.24, 2.45) is 0 Å². The molecule has 1 aliphatic heterocycles. The van der Waals surface area contributed by atoms with Crippen LogP contribution in [0, 0.1) is 0 Å². The number of hydrogen-bond donors (Lipinski definition) is 0. The van der Waals surface area contributed by atoms with Gasteiger partial charge in [0.1, 0.15) is 11.9 Å². The van der Waals surface area contributed by atoms with Crippen LogP contribution in [0.5, 0.6) is 5.75 Å². The van der Waals surface area contributed by atoms with Crippen LogP contribution in [0.1, 0.15) is 22.7 Å². The van der Waals surface area contributed by atoms with Crippen LogP contribution in [0.3, 0.4) is 0 Å². The molecule has 0 saturated carbocycles. The van der Waals surface area contributed by atoms with Gasteiger partial charge in [0.2, 0.25) is 0 Å². The highest BCUT2D eigenvalue weighted by Gasteiger charge is 2.40. The van der Waals surface area contributed by atoms with E-state index in [0.717, 1.165) is 5.75 Å². The minimum atomic E-state index is 0.00563. The molecule has 184 valence electrons. The number of benzene rings is 5. The summed E-state index contributed by atoms with van der Waals surface area (Å²) in [6.07, 6.45) is 4.51. The third-order valence-corrected chi connectivity index (χ3v) is 8.47. The number of rotatable bonds is 2. The first-order valence-electron chi connectivity index (χ1n) is 13.5. The summed E-state index contributed by atoms with van der Waals surface area (Å²) in [6, 6.07) is 43.5. The Kier molecular flexibility index (Phi) is 4.17. The number of nitrogens with zero attached hydrogens (tertiary/aromatic N) is 2. The molecule has 0 saturated heterocycles. The fourth-order valence-corrected chi connectivity index (χ4v) is 6.89. The van der Waals surface area contributed by atoms with E-state index in [4.69, 9.17) is 4.74 Å². The second-order valence-corrected chi connectivity index (χ2v) is 10.5. The largest absolute Gasteiger partial charge is 0.485 e. The molecule has 0 spiro atoms. The van der Waals surface area contributed by atoms with Crippen LogP contribution in [0.25, 0.3) is 50.2 Å². The molecule has 0 radical (unpaired) electrons. The molecule has 1 aliphatic carbocycles. The molecule has 0 N–H and O–H groups in total. The van der Waals surface area contributed by atoms with Crippen molar-refractivity contribution >= 4 is 38.8 Å². The lowest BCUT2D eigenvalue weighted by Crippen LogP contribution is -2.20. The summed E-state index contributed by atoms with van der Waals surface area (Å²) in [5.41, 5.74) is 9.85. The summed E-state index contributed by atoms with van der Waals surface area (Å²) in [6.45, 7) is 0. The predicted octanol–water partition coefficient (Wildman–Crippen LogP) is 8.65. The van der Waals surface area contributed by atoms with E-state index >= 15 is 0 Å². The van der Waals surface area contributed by atoms with Crippen LogP contribution in [-0.4, -0.2) is 15.2 Å². The Morgan fingerprint density at radius 1 is 0.538 bits per heavy atom. The maximum absolute atomic E-state index is 6.45. The van der Waals surface area contributed by atoms with Gasteiger partial charge in [0.05, 0.1) is 28.2 Å². The first-order chi connectivity index (χ1) is 19.4. The number of hydrogen-bond acceptors (Lipinski definition) is 1. The molecular formula is C36H24N2O. The molecule has 3 heteroatoms. The Labute approximate surface area is 225 Å². The molecular weight excluding hydrogens is 476 g/mol. The Morgan fingerprint density at radius 2 is 1.21 bits per heavy atom. The zero-order valence-electron chi connectivity index (χ0n) is 21.2. The van der Waals surface area contributed by atoms with Crippen LogP contribution in [0.2, 0.25) is 0 Å². The monoisotopic (exact) mass is 500 g/mol. The average Bonchev–Trinajstić information content (AvgIpc) is 3.64. The van der Waals surface area contributed by atoms with E-state index in [1.807, 2.05) is 0 Å². The van der Waals surface area contributed by atoms with E-state index in [1.54, 1.807) is 0 Å². The fourth-order valence-electron chi connectivity index (χ4n) is 6.89. The maximum Gasteiger partial charge on any atom is 0.128 e. The van der Waals surface area contributed by atoms with Crippen LogP contribution in [-0.2, 0) is 0 Å². The standard InChI is InChI=1S/C36H24N2O/c1-3-11-23(12-4-1)37-29-17-9-7-15-25(29)27-21-28-32(22-31(27)37)38(24-13-5-2-6-14-24)30-19-20-34-36(35(28)30)26-16-8-10-18-33(26)39-34/h1-22,34,36H. The fraction of sp³-hybridized carbons (Fsp3) is 0.0556. The highest BCUT2D eigenvalue weighted by molar-refractivity contribution is 6.14. The van der Waals surface area contributed by atoms with Crippen LogP contribution in [0.15, 0.2) is 127 Å². The van der Waals surface area contributed by atoms with E-state index in [-0.39, 0.29) is 12.0 Å². The molecule has 0 amide bonds. The lowest BCUT2D eigenvalue weighted by Gasteiger charge is -2.22. The van der Waals surface area contributed by atoms with Gasteiger partial charge in [0.15, 0.2) is 0 Å². The third kappa shape index (κ3) is 2.82. The second kappa shape index (κ2) is 7.75. The minimum absolute atomic E-state index is 0.00563. The van der Waals surface area contributed by atoms with Gasteiger partial charge in [-0.2, -0.15) is 0 Å². The quantitative estimate of drug-likeness (QED) is 0.232. The summed E-state index contributed by atoms with van der Waals surface area (Å²) in [5, 5.41) is 3.83. The lowest BCUT2D eigenvalue weighted by atomic mass is 9.83. The van der Waals surface area contributed by atoms with Gasteiger partial charge in [-0.05, 0) is 66.2 Å². The van der Waals surface area contributed by atoms with E-state index in [1.165, 1.54) is 60.9 Å².